The maximum atomic E-state index is 10.1. The van der Waals surface area contributed by atoms with Crippen LogP contribution in [-0.4, -0.2) is 30.3 Å². The van der Waals surface area contributed by atoms with Gasteiger partial charge in [-0.25, -0.2) is 0 Å². The number of benzene rings is 1. The summed E-state index contributed by atoms with van der Waals surface area (Å²) in [6, 6.07) is 7.00. The minimum Gasteiger partial charge on any atom is -0.390 e. The van der Waals surface area contributed by atoms with Gasteiger partial charge in [-0.15, -0.1) is 0 Å². The molecule has 118 valence electrons. The lowest BCUT2D eigenvalue weighted by molar-refractivity contribution is 0.0351. The highest BCUT2D eigenvalue weighted by Crippen LogP contribution is 2.33. The van der Waals surface area contributed by atoms with E-state index >= 15 is 0 Å². The van der Waals surface area contributed by atoms with Crippen LogP contribution in [0.15, 0.2) is 22.7 Å². The van der Waals surface area contributed by atoms with E-state index in [2.05, 4.69) is 58.2 Å². The molecule has 4 heteroatoms. The highest BCUT2D eigenvalue weighted by Gasteiger charge is 2.28. The minimum absolute atomic E-state index is 0.373. The highest BCUT2D eigenvalue weighted by atomic mass is 79.9. The number of halogens is 1. The van der Waals surface area contributed by atoms with Gasteiger partial charge < -0.3 is 15.3 Å². The molecule has 0 bridgehead atoms. The third-order valence-electron chi connectivity index (χ3n) is 4.35. The average molecular weight is 355 g/mol. The summed E-state index contributed by atoms with van der Waals surface area (Å²) in [6.07, 6.45) is 2.81. The van der Waals surface area contributed by atoms with Gasteiger partial charge in [0, 0.05) is 23.6 Å². The molecule has 1 fully saturated rings. The first-order chi connectivity index (χ1) is 9.93. The molecule has 1 aromatic carbocycles. The van der Waals surface area contributed by atoms with E-state index in [1.165, 1.54) is 11.3 Å². The molecule has 1 aliphatic heterocycles. The molecule has 1 aliphatic rings. The van der Waals surface area contributed by atoms with Crippen molar-refractivity contribution in [3.63, 3.8) is 0 Å². The van der Waals surface area contributed by atoms with E-state index in [4.69, 9.17) is 0 Å². The summed E-state index contributed by atoms with van der Waals surface area (Å²) in [5.41, 5.74) is 2.04. The van der Waals surface area contributed by atoms with Crippen LogP contribution in [0, 0.1) is 0 Å². The van der Waals surface area contributed by atoms with Crippen molar-refractivity contribution in [2.45, 2.75) is 51.7 Å². The highest BCUT2D eigenvalue weighted by molar-refractivity contribution is 9.10. The Labute approximate surface area is 136 Å². The molecule has 1 unspecified atom stereocenters. The van der Waals surface area contributed by atoms with Gasteiger partial charge in [0.1, 0.15) is 0 Å². The van der Waals surface area contributed by atoms with Crippen LogP contribution in [0.3, 0.4) is 0 Å². The Morgan fingerprint density at radius 3 is 2.62 bits per heavy atom. The molecule has 2 N–H and O–H groups in total. The Bertz CT molecular complexity index is 466. The molecule has 0 aromatic heterocycles. The van der Waals surface area contributed by atoms with Gasteiger partial charge in [0.05, 0.1) is 11.3 Å². The third kappa shape index (κ3) is 4.44. The van der Waals surface area contributed by atoms with Gasteiger partial charge in [-0.05, 0) is 73.3 Å². The predicted octanol–water partition coefficient (Wildman–Crippen LogP) is 3.86. The summed E-state index contributed by atoms with van der Waals surface area (Å²) in [4.78, 5) is 2.36. The molecule has 21 heavy (non-hydrogen) atoms. The Balaban J connectivity index is 2.06. The molecule has 1 aromatic rings. The summed E-state index contributed by atoms with van der Waals surface area (Å²) in [7, 11) is 0. The summed E-state index contributed by atoms with van der Waals surface area (Å²) in [6.45, 7) is 9.19. The Morgan fingerprint density at radius 1 is 1.38 bits per heavy atom. The second-order valence-electron chi connectivity index (χ2n) is 6.37. The van der Waals surface area contributed by atoms with E-state index < -0.39 is 5.60 Å². The second kappa shape index (κ2) is 7.12. The number of nitrogens with zero attached hydrogens (tertiary/aromatic N) is 1. The zero-order chi connectivity index (χ0) is 15.5. The molecule has 0 amide bonds. The summed E-state index contributed by atoms with van der Waals surface area (Å²) in [5, 5.41) is 13.6. The topological polar surface area (TPSA) is 35.5 Å². The SMILES string of the molecule is CCCNC(C)c1ccc(N2CCC(C)(O)CC2)c(Br)c1. The van der Waals surface area contributed by atoms with Gasteiger partial charge in [0.2, 0.25) is 0 Å². The van der Waals surface area contributed by atoms with Crippen LogP contribution in [0.1, 0.15) is 51.6 Å². The van der Waals surface area contributed by atoms with Crippen molar-refractivity contribution >= 4 is 21.6 Å². The molecule has 1 atom stereocenters. The van der Waals surface area contributed by atoms with Crippen molar-refractivity contribution in [3.8, 4) is 0 Å². The zero-order valence-corrected chi connectivity index (χ0v) is 14.9. The summed E-state index contributed by atoms with van der Waals surface area (Å²) < 4.78 is 1.15. The molecule has 0 aliphatic carbocycles. The number of anilines is 1. The lowest BCUT2D eigenvalue weighted by Crippen LogP contribution is -2.42. The fourth-order valence-corrected chi connectivity index (χ4v) is 3.40. The number of piperidine rings is 1. The number of hydrogen-bond acceptors (Lipinski definition) is 3. The van der Waals surface area contributed by atoms with Gasteiger partial charge in [0.15, 0.2) is 0 Å². The molecular formula is C17H27BrN2O. The number of aliphatic hydroxyl groups is 1. The molecule has 0 radical (unpaired) electrons. The summed E-state index contributed by atoms with van der Waals surface area (Å²) >= 11 is 3.72. The van der Waals surface area contributed by atoms with Gasteiger partial charge in [-0.1, -0.05) is 13.0 Å². The lowest BCUT2D eigenvalue weighted by atomic mass is 9.93. The molecule has 0 spiro atoms. The van der Waals surface area contributed by atoms with Crippen LogP contribution in [0.2, 0.25) is 0 Å². The first kappa shape index (κ1) is 16.8. The first-order valence-electron chi connectivity index (χ1n) is 7.93. The van der Waals surface area contributed by atoms with E-state index in [1.54, 1.807) is 0 Å². The summed E-state index contributed by atoms with van der Waals surface area (Å²) in [5.74, 6) is 0. The lowest BCUT2D eigenvalue weighted by Gasteiger charge is -2.37. The van der Waals surface area contributed by atoms with Gasteiger partial charge in [-0.2, -0.15) is 0 Å². The predicted molar refractivity (Wildman–Crippen MR) is 92.9 cm³/mol. The third-order valence-corrected chi connectivity index (χ3v) is 4.99. The molecule has 2 rings (SSSR count). The molecule has 1 heterocycles. The van der Waals surface area contributed by atoms with Crippen molar-refractivity contribution in [2.24, 2.45) is 0 Å². The van der Waals surface area contributed by atoms with Crippen molar-refractivity contribution in [2.75, 3.05) is 24.5 Å². The van der Waals surface area contributed by atoms with E-state index in [0.29, 0.717) is 6.04 Å². The van der Waals surface area contributed by atoms with Crippen molar-refractivity contribution in [1.29, 1.82) is 0 Å². The minimum atomic E-state index is -0.499. The van der Waals surface area contributed by atoms with Crippen molar-refractivity contribution < 1.29 is 5.11 Å². The van der Waals surface area contributed by atoms with Crippen LogP contribution in [0.4, 0.5) is 5.69 Å². The average Bonchev–Trinajstić information content (AvgIpc) is 2.45. The fraction of sp³-hybridized carbons (Fsp3) is 0.647. The van der Waals surface area contributed by atoms with Gasteiger partial charge in [-0.3, -0.25) is 0 Å². The Morgan fingerprint density at radius 2 is 2.05 bits per heavy atom. The quantitative estimate of drug-likeness (QED) is 0.842. The van der Waals surface area contributed by atoms with E-state index in [-0.39, 0.29) is 0 Å². The smallest absolute Gasteiger partial charge is 0.0653 e. The number of rotatable bonds is 5. The monoisotopic (exact) mass is 354 g/mol. The molecule has 3 nitrogen and oxygen atoms in total. The van der Waals surface area contributed by atoms with Crippen LogP contribution >= 0.6 is 15.9 Å². The van der Waals surface area contributed by atoms with Crippen molar-refractivity contribution in [1.82, 2.24) is 5.32 Å². The van der Waals surface area contributed by atoms with Crippen LogP contribution < -0.4 is 10.2 Å². The molecule has 0 saturated carbocycles. The van der Waals surface area contributed by atoms with Gasteiger partial charge in [0.25, 0.3) is 0 Å². The van der Waals surface area contributed by atoms with Crippen LogP contribution in [0.5, 0.6) is 0 Å². The van der Waals surface area contributed by atoms with E-state index in [9.17, 15) is 5.11 Å². The first-order valence-corrected chi connectivity index (χ1v) is 8.72. The van der Waals surface area contributed by atoms with Crippen molar-refractivity contribution in [3.05, 3.63) is 28.2 Å². The van der Waals surface area contributed by atoms with E-state index in [1.807, 2.05) is 6.92 Å². The van der Waals surface area contributed by atoms with Crippen LogP contribution in [-0.2, 0) is 0 Å². The second-order valence-corrected chi connectivity index (χ2v) is 7.22. The number of nitrogens with one attached hydrogen (secondary N) is 1. The Hall–Kier alpha value is -0.580. The Kier molecular flexibility index (Phi) is 5.69. The maximum absolute atomic E-state index is 10.1. The van der Waals surface area contributed by atoms with Gasteiger partial charge >= 0.3 is 0 Å². The van der Waals surface area contributed by atoms with Crippen LogP contribution in [0.25, 0.3) is 0 Å². The standard InChI is InChI=1S/C17H27BrN2O/c1-4-9-19-13(2)14-5-6-16(15(18)12-14)20-10-7-17(3,21)8-11-20/h5-6,12-13,19,21H,4,7-11H2,1-3H3. The molecular weight excluding hydrogens is 328 g/mol. The maximum Gasteiger partial charge on any atom is 0.0653 e. The van der Waals surface area contributed by atoms with E-state index in [0.717, 1.165) is 43.4 Å². The normalized spacial score (nSPS) is 19.6. The number of hydrogen-bond donors (Lipinski definition) is 2. The molecule has 1 saturated heterocycles. The zero-order valence-electron chi connectivity index (χ0n) is 13.3. The fourth-order valence-electron chi connectivity index (χ4n) is 2.76. The largest absolute Gasteiger partial charge is 0.390 e.